The molecule has 2 aromatic heterocycles. The number of para-hydroxylation sites is 1. The second-order valence-electron chi connectivity index (χ2n) is 6.75. The smallest absolute Gasteiger partial charge is 0.258 e. The van der Waals surface area contributed by atoms with Crippen LogP contribution in [0.5, 0.6) is 0 Å². The Hall–Kier alpha value is -2.86. The first kappa shape index (κ1) is 16.3. The van der Waals surface area contributed by atoms with Gasteiger partial charge < -0.3 is 9.88 Å². The number of benzene rings is 2. The van der Waals surface area contributed by atoms with Gasteiger partial charge in [0.15, 0.2) is 0 Å². The predicted molar refractivity (Wildman–Crippen MR) is 108 cm³/mol. The zero-order chi connectivity index (χ0) is 18.4. The van der Waals surface area contributed by atoms with E-state index in [4.69, 9.17) is 0 Å². The molecule has 0 spiro atoms. The van der Waals surface area contributed by atoms with Gasteiger partial charge >= 0.3 is 0 Å². The molecule has 1 aliphatic heterocycles. The molecule has 2 N–H and O–H groups in total. The number of hydrogen-bond donors (Lipinski definition) is 2. The lowest BCUT2D eigenvalue weighted by molar-refractivity contribution is 0.0736. The van der Waals surface area contributed by atoms with Crippen molar-refractivity contribution in [2.24, 2.45) is 0 Å². The lowest BCUT2D eigenvalue weighted by Gasteiger charge is -2.27. The molecule has 0 aliphatic carbocycles. The summed E-state index contributed by atoms with van der Waals surface area (Å²) >= 11 is 3.61. The number of hydrogen-bond acceptors (Lipinski definition) is 2. The highest BCUT2D eigenvalue weighted by Gasteiger charge is 2.27. The molecule has 0 saturated heterocycles. The Morgan fingerprint density at radius 3 is 2.81 bits per heavy atom. The van der Waals surface area contributed by atoms with Crippen LogP contribution in [-0.2, 0) is 13.0 Å². The summed E-state index contributed by atoms with van der Waals surface area (Å²) in [5.74, 6) is 0.0117. The fourth-order valence-electron chi connectivity index (χ4n) is 3.82. The third-order valence-electron chi connectivity index (χ3n) is 5.18. The third-order valence-corrected chi connectivity index (χ3v) is 5.84. The third kappa shape index (κ3) is 2.68. The van der Waals surface area contributed by atoms with Gasteiger partial charge in [-0.3, -0.25) is 9.89 Å². The number of carbonyl (C=O) groups excluding carboxylic acids is 1. The van der Waals surface area contributed by atoms with Crippen molar-refractivity contribution in [1.82, 2.24) is 20.1 Å². The van der Waals surface area contributed by atoms with Gasteiger partial charge in [-0.2, -0.15) is 5.10 Å². The summed E-state index contributed by atoms with van der Waals surface area (Å²) in [5, 5.41) is 8.28. The first-order valence-electron chi connectivity index (χ1n) is 8.88. The summed E-state index contributed by atoms with van der Waals surface area (Å²) < 4.78 is 1.05. The molecule has 27 heavy (non-hydrogen) atoms. The van der Waals surface area contributed by atoms with Gasteiger partial charge in [-0.05, 0) is 22.0 Å². The Labute approximate surface area is 164 Å². The molecule has 0 unspecified atom stereocenters. The molecule has 0 fully saturated rings. The fraction of sp³-hybridized carbons (Fsp3) is 0.143. The summed E-state index contributed by atoms with van der Waals surface area (Å²) in [6, 6.07) is 16.0. The van der Waals surface area contributed by atoms with Crippen LogP contribution in [0.25, 0.3) is 22.2 Å². The molecule has 0 radical (unpaired) electrons. The van der Waals surface area contributed by atoms with Crippen molar-refractivity contribution < 1.29 is 4.79 Å². The zero-order valence-corrected chi connectivity index (χ0v) is 16.1. The van der Waals surface area contributed by atoms with Crippen molar-refractivity contribution in [2.75, 3.05) is 6.54 Å². The van der Waals surface area contributed by atoms with Crippen LogP contribution in [0.2, 0.25) is 0 Å². The number of aromatic nitrogens is 3. The fourth-order valence-corrected chi connectivity index (χ4v) is 4.28. The van der Waals surface area contributed by atoms with Crippen molar-refractivity contribution in [3.8, 4) is 11.3 Å². The molecule has 0 saturated carbocycles. The van der Waals surface area contributed by atoms with E-state index >= 15 is 0 Å². The molecule has 5 rings (SSSR count). The largest absolute Gasteiger partial charge is 0.357 e. The maximum absolute atomic E-state index is 13.2. The Morgan fingerprint density at radius 1 is 1.11 bits per heavy atom. The van der Waals surface area contributed by atoms with E-state index in [1.807, 2.05) is 47.4 Å². The van der Waals surface area contributed by atoms with E-state index < -0.39 is 0 Å². The van der Waals surface area contributed by atoms with Crippen LogP contribution in [0.4, 0.5) is 0 Å². The van der Waals surface area contributed by atoms with Gasteiger partial charge in [0.05, 0.1) is 23.0 Å². The molecule has 4 aromatic rings. The van der Waals surface area contributed by atoms with Crippen molar-refractivity contribution >= 4 is 32.7 Å². The summed E-state index contributed by atoms with van der Waals surface area (Å²) in [6.07, 6.45) is 2.45. The van der Waals surface area contributed by atoms with Gasteiger partial charge in [-0.15, -0.1) is 0 Å². The number of nitrogens with zero attached hydrogens (tertiary/aromatic N) is 2. The average molecular weight is 421 g/mol. The highest BCUT2D eigenvalue weighted by molar-refractivity contribution is 9.10. The molecule has 0 atom stereocenters. The first-order valence-corrected chi connectivity index (χ1v) is 9.67. The molecule has 1 amide bonds. The van der Waals surface area contributed by atoms with E-state index in [0.717, 1.165) is 27.7 Å². The van der Waals surface area contributed by atoms with Gasteiger partial charge in [0.2, 0.25) is 0 Å². The molecule has 1 aliphatic rings. The summed E-state index contributed by atoms with van der Waals surface area (Å²) in [6.45, 7) is 1.29. The molecular weight excluding hydrogens is 404 g/mol. The summed E-state index contributed by atoms with van der Waals surface area (Å²) in [7, 11) is 0. The maximum Gasteiger partial charge on any atom is 0.258 e. The molecule has 5 nitrogen and oxygen atoms in total. The number of halogens is 1. The summed E-state index contributed by atoms with van der Waals surface area (Å²) in [4.78, 5) is 18.7. The number of rotatable bonds is 2. The lowest BCUT2D eigenvalue weighted by Crippen LogP contribution is -2.35. The normalized spacial score (nSPS) is 13.7. The summed E-state index contributed by atoms with van der Waals surface area (Å²) in [5.41, 5.74) is 5.88. The monoisotopic (exact) mass is 420 g/mol. The van der Waals surface area contributed by atoms with E-state index in [0.29, 0.717) is 18.7 Å². The molecule has 3 heterocycles. The molecule has 2 aromatic carbocycles. The first-order chi connectivity index (χ1) is 13.2. The van der Waals surface area contributed by atoms with Crippen LogP contribution >= 0.6 is 15.9 Å². The Kier molecular flexibility index (Phi) is 3.86. The van der Waals surface area contributed by atoms with Gasteiger partial charge in [0, 0.05) is 46.2 Å². The second-order valence-corrected chi connectivity index (χ2v) is 7.60. The van der Waals surface area contributed by atoms with Crippen molar-refractivity contribution in [3.63, 3.8) is 0 Å². The number of H-pyrrole nitrogens is 2. The van der Waals surface area contributed by atoms with Gasteiger partial charge in [-0.25, -0.2) is 0 Å². The quantitative estimate of drug-likeness (QED) is 0.500. The van der Waals surface area contributed by atoms with Crippen molar-refractivity contribution in [2.45, 2.75) is 13.0 Å². The number of aromatic amines is 2. The highest BCUT2D eigenvalue weighted by Crippen LogP contribution is 2.32. The number of nitrogens with one attached hydrogen (secondary N) is 2. The van der Waals surface area contributed by atoms with E-state index in [2.05, 4.69) is 37.2 Å². The number of carbonyl (C=O) groups is 1. The van der Waals surface area contributed by atoms with Crippen LogP contribution in [-0.4, -0.2) is 32.5 Å². The molecular formula is C21H17BrN4O. The lowest BCUT2D eigenvalue weighted by atomic mass is 10.0. The number of fused-ring (bicyclic) bond motifs is 3. The van der Waals surface area contributed by atoms with Gasteiger partial charge in [0.1, 0.15) is 0 Å². The standard InChI is InChI=1S/C21H17BrN4O/c22-17-8-4-7-14-16-12-26(10-9-18(16)24-20(14)17)21(27)15-11-23-25-19(15)13-5-2-1-3-6-13/h1-8,11,24H,9-10,12H2,(H,23,25). The minimum Gasteiger partial charge on any atom is -0.357 e. The minimum absolute atomic E-state index is 0.0117. The van der Waals surface area contributed by atoms with Crippen LogP contribution in [0.15, 0.2) is 59.2 Å². The van der Waals surface area contributed by atoms with E-state index in [-0.39, 0.29) is 5.91 Å². The van der Waals surface area contributed by atoms with E-state index in [9.17, 15) is 4.79 Å². The Bertz CT molecular complexity index is 1150. The highest BCUT2D eigenvalue weighted by atomic mass is 79.9. The Balaban J connectivity index is 1.50. The topological polar surface area (TPSA) is 64.8 Å². The average Bonchev–Trinajstić information content (AvgIpc) is 3.33. The maximum atomic E-state index is 13.2. The Morgan fingerprint density at radius 2 is 1.96 bits per heavy atom. The van der Waals surface area contributed by atoms with Gasteiger partial charge in [0.25, 0.3) is 5.91 Å². The SMILES string of the molecule is O=C(c1cn[nH]c1-c1ccccc1)N1CCc2[nH]c3c(Br)cccc3c2C1. The predicted octanol–water partition coefficient (Wildman–Crippen LogP) is 4.52. The molecule has 134 valence electrons. The number of amides is 1. The van der Waals surface area contributed by atoms with E-state index in [1.165, 1.54) is 16.6 Å². The second kappa shape index (κ2) is 6.39. The minimum atomic E-state index is 0.0117. The van der Waals surface area contributed by atoms with Crippen molar-refractivity contribution in [1.29, 1.82) is 0 Å². The van der Waals surface area contributed by atoms with Crippen LogP contribution < -0.4 is 0 Å². The zero-order valence-electron chi connectivity index (χ0n) is 14.5. The van der Waals surface area contributed by atoms with Gasteiger partial charge in [-0.1, -0.05) is 42.5 Å². The van der Waals surface area contributed by atoms with Crippen LogP contribution in [0, 0.1) is 0 Å². The molecule has 6 heteroatoms. The van der Waals surface area contributed by atoms with Crippen LogP contribution in [0.1, 0.15) is 21.6 Å². The van der Waals surface area contributed by atoms with Crippen molar-refractivity contribution in [3.05, 3.63) is 76.0 Å². The molecule has 0 bridgehead atoms. The van der Waals surface area contributed by atoms with E-state index in [1.54, 1.807) is 6.20 Å². The van der Waals surface area contributed by atoms with Crippen LogP contribution in [0.3, 0.4) is 0 Å².